The van der Waals surface area contributed by atoms with Gasteiger partial charge in [-0.1, -0.05) is 24.9 Å². The van der Waals surface area contributed by atoms with E-state index in [0.29, 0.717) is 5.92 Å². The zero-order valence-corrected chi connectivity index (χ0v) is 12.0. The smallest absolute Gasteiger partial charge is 0.0931 e. The zero-order chi connectivity index (χ0) is 11.8. The molecule has 1 aromatic heterocycles. The lowest BCUT2D eigenvalue weighted by atomic mass is 10.0. The van der Waals surface area contributed by atoms with Gasteiger partial charge in [-0.3, -0.25) is 0 Å². The molecule has 0 amide bonds. The van der Waals surface area contributed by atoms with Crippen molar-refractivity contribution in [3.8, 4) is 0 Å². The molecule has 1 aromatic rings. The Kier molecular flexibility index (Phi) is 7.46. The van der Waals surface area contributed by atoms with Crippen molar-refractivity contribution in [2.24, 2.45) is 5.92 Å². The predicted octanol–water partition coefficient (Wildman–Crippen LogP) is 4.54. The number of rotatable bonds is 8. The topological polar surface area (TPSA) is 12.0 Å². The normalized spacial score (nSPS) is 12.9. The minimum Gasteiger partial charge on any atom is -0.312 e. The number of halogens is 2. The summed E-state index contributed by atoms with van der Waals surface area (Å²) < 4.78 is 0.864. The van der Waals surface area contributed by atoms with Gasteiger partial charge >= 0.3 is 0 Å². The van der Waals surface area contributed by atoms with Crippen LogP contribution >= 0.6 is 34.5 Å². The summed E-state index contributed by atoms with van der Waals surface area (Å²) in [4.78, 5) is 1.30. The molecule has 1 rings (SSSR count). The second kappa shape index (κ2) is 8.35. The Morgan fingerprint density at radius 1 is 1.38 bits per heavy atom. The molecule has 0 aliphatic heterocycles. The van der Waals surface area contributed by atoms with Gasteiger partial charge in [0.25, 0.3) is 0 Å². The van der Waals surface area contributed by atoms with E-state index in [0.717, 1.165) is 29.7 Å². The minimum atomic E-state index is 0.706. The van der Waals surface area contributed by atoms with Gasteiger partial charge < -0.3 is 5.32 Å². The molecule has 0 radical (unpaired) electrons. The second-order valence-electron chi connectivity index (χ2n) is 3.97. The molecule has 4 heteroatoms. The van der Waals surface area contributed by atoms with Crippen LogP contribution in [0.4, 0.5) is 0 Å². The van der Waals surface area contributed by atoms with Crippen LogP contribution in [0.5, 0.6) is 0 Å². The Bertz CT molecular complexity index is 282. The average molecular weight is 280 g/mol. The molecule has 0 saturated heterocycles. The van der Waals surface area contributed by atoms with Crippen LogP contribution in [-0.4, -0.2) is 12.4 Å². The third-order valence-electron chi connectivity index (χ3n) is 2.58. The van der Waals surface area contributed by atoms with Crippen molar-refractivity contribution in [1.82, 2.24) is 5.32 Å². The van der Waals surface area contributed by atoms with Crippen molar-refractivity contribution in [1.29, 1.82) is 0 Å². The van der Waals surface area contributed by atoms with E-state index in [2.05, 4.69) is 18.3 Å². The van der Waals surface area contributed by atoms with Crippen molar-refractivity contribution in [2.45, 2.75) is 32.7 Å². The molecule has 16 heavy (non-hydrogen) atoms. The third-order valence-corrected chi connectivity index (χ3v) is 4.02. The first-order chi connectivity index (χ1) is 7.76. The molecule has 0 aliphatic carbocycles. The van der Waals surface area contributed by atoms with Gasteiger partial charge in [-0.15, -0.1) is 22.9 Å². The van der Waals surface area contributed by atoms with E-state index in [-0.39, 0.29) is 0 Å². The van der Waals surface area contributed by atoms with Crippen molar-refractivity contribution in [3.63, 3.8) is 0 Å². The van der Waals surface area contributed by atoms with Crippen molar-refractivity contribution in [2.75, 3.05) is 12.4 Å². The van der Waals surface area contributed by atoms with Gasteiger partial charge in [0.15, 0.2) is 0 Å². The SMILES string of the molecule is CCCC(CCCl)CNCc1ccc(Cl)s1. The molecule has 1 nitrogen and oxygen atoms in total. The number of hydrogen-bond donors (Lipinski definition) is 1. The highest BCUT2D eigenvalue weighted by atomic mass is 35.5. The number of hydrogen-bond acceptors (Lipinski definition) is 2. The quantitative estimate of drug-likeness (QED) is 0.689. The van der Waals surface area contributed by atoms with E-state index in [9.17, 15) is 0 Å². The molecule has 0 fully saturated rings. The average Bonchev–Trinajstić information content (AvgIpc) is 2.65. The molecular weight excluding hydrogens is 261 g/mol. The van der Waals surface area contributed by atoms with Gasteiger partial charge in [0.2, 0.25) is 0 Å². The van der Waals surface area contributed by atoms with Crippen LogP contribution in [0.2, 0.25) is 4.34 Å². The summed E-state index contributed by atoms with van der Waals surface area (Å²) >= 11 is 13.3. The van der Waals surface area contributed by atoms with E-state index in [1.54, 1.807) is 11.3 Å². The Morgan fingerprint density at radius 3 is 2.75 bits per heavy atom. The van der Waals surface area contributed by atoms with Crippen LogP contribution in [0, 0.1) is 5.92 Å². The van der Waals surface area contributed by atoms with Crippen LogP contribution in [0.15, 0.2) is 12.1 Å². The highest BCUT2D eigenvalue weighted by Gasteiger charge is 2.06. The molecule has 1 N–H and O–H groups in total. The molecule has 1 atom stereocenters. The Morgan fingerprint density at radius 2 is 2.19 bits per heavy atom. The lowest BCUT2D eigenvalue weighted by Gasteiger charge is -2.15. The van der Waals surface area contributed by atoms with E-state index >= 15 is 0 Å². The van der Waals surface area contributed by atoms with Crippen LogP contribution in [0.25, 0.3) is 0 Å². The lowest BCUT2D eigenvalue weighted by molar-refractivity contribution is 0.431. The molecule has 1 unspecified atom stereocenters. The largest absolute Gasteiger partial charge is 0.312 e. The highest BCUT2D eigenvalue weighted by molar-refractivity contribution is 7.16. The highest BCUT2D eigenvalue weighted by Crippen LogP contribution is 2.21. The van der Waals surface area contributed by atoms with Crippen LogP contribution in [0.1, 0.15) is 31.1 Å². The maximum Gasteiger partial charge on any atom is 0.0931 e. The monoisotopic (exact) mass is 279 g/mol. The number of thiophene rings is 1. The lowest BCUT2D eigenvalue weighted by Crippen LogP contribution is -2.22. The predicted molar refractivity (Wildman–Crippen MR) is 74.8 cm³/mol. The van der Waals surface area contributed by atoms with Crippen molar-refractivity contribution >= 4 is 34.5 Å². The summed E-state index contributed by atoms with van der Waals surface area (Å²) in [6.07, 6.45) is 3.59. The maximum absolute atomic E-state index is 5.87. The Hall–Kier alpha value is 0.240. The van der Waals surface area contributed by atoms with Crippen LogP contribution in [0.3, 0.4) is 0 Å². The van der Waals surface area contributed by atoms with Crippen molar-refractivity contribution in [3.05, 3.63) is 21.3 Å². The molecule has 0 aromatic carbocycles. The fraction of sp³-hybridized carbons (Fsp3) is 0.667. The summed E-state index contributed by atoms with van der Waals surface area (Å²) in [7, 11) is 0. The number of nitrogens with one attached hydrogen (secondary N) is 1. The standard InChI is InChI=1S/C12H19Cl2NS/c1-2-3-10(6-7-13)8-15-9-11-4-5-12(14)16-11/h4-5,10,15H,2-3,6-9H2,1H3. The molecule has 0 aliphatic rings. The van der Waals surface area contributed by atoms with E-state index in [1.165, 1.54) is 17.7 Å². The summed E-state index contributed by atoms with van der Waals surface area (Å²) in [5.74, 6) is 1.47. The summed E-state index contributed by atoms with van der Waals surface area (Å²) in [5, 5.41) is 3.48. The molecule has 1 heterocycles. The van der Waals surface area contributed by atoms with Gasteiger partial charge in [0, 0.05) is 17.3 Å². The zero-order valence-electron chi connectivity index (χ0n) is 9.64. The first kappa shape index (κ1) is 14.3. The maximum atomic E-state index is 5.87. The molecule has 92 valence electrons. The minimum absolute atomic E-state index is 0.706. The molecule has 0 spiro atoms. The number of alkyl halides is 1. The van der Waals surface area contributed by atoms with E-state index in [4.69, 9.17) is 23.2 Å². The molecule has 0 saturated carbocycles. The first-order valence-electron chi connectivity index (χ1n) is 5.77. The molecule has 0 bridgehead atoms. The first-order valence-corrected chi connectivity index (χ1v) is 7.50. The fourth-order valence-corrected chi connectivity index (χ4v) is 3.12. The van der Waals surface area contributed by atoms with Gasteiger partial charge in [-0.05, 0) is 37.4 Å². The van der Waals surface area contributed by atoms with E-state index < -0.39 is 0 Å². The summed E-state index contributed by atoms with van der Waals surface area (Å²) in [6, 6.07) is 4.03. The fourth-order valence-electron chi connectivity index (χ4n) is 1.76. The van der Waals surface area contributed by atoms with Gasteiger partial charge in [-0.25, -0.2) is 0 Å². The van der Waals surface area contributed by atoms with Gasteiger partial charge in [-0.2, -0.15) is 0 Å². The summed E-state index contributed by atoms with van der Waals surface area (Å²) in [5.41, 5.74) is 0. The second-order valence-corrected chi connectivity index (χ2v) is 6.15. The van der Waals surface area contributed by atoms with Gasteiger partial charge in [0.05, 0.1) is 4.34 Å². The Labute approximate surface area is 112 Å². The van der Waals surface area contributed by atoms with E-state index in [1.807, 2.05) is 6.07 Å². The Balaban J connectivity index is 2.21. The van der Waals surface area contributed by atoms with Crippen molar-refractivity contribution < 1.29 is 0 Å². The van der Waals surface area contributed by atoms with Crippen LogP contribution < -0.4 is 5.32 Å². The van der Waals surface area contributed by atoms with Gasteiger partial charge in [0.1, 0.15) is 0 Å². The third kappa shape index (κ3) is 5.53. The van der Waals surface area contributed by atoms with Crippen LogP contribution in [-0.2, 0) is 6.54 Å². The molecular formula is C12H19Cl2NS. The summed E-state index contributed by atoms with van der Waals surface area (Å²) in [6.45, 7) is 4.19.